The molecule has 0 radical (unpaired) electrons. The summed E-state index contributed by atoms with van der Waals surface area (Å²) in [5, 5.41) is 0.407. The van der Waals surface area contributed by atoms with Crippen molar-refractivity contribution in [1.82, 2.24) is 0 Å². The Hall–Kier alpha value is -3.66. The number of benzene rings is 3. The first kappa shape index (κ1) is 17.7. The van der Waals surface area contributed by atoms with E-state index in [0.29, 0.717) is 27.9 Å². The summed E-state index contributed by atoms with van der Waals surface area (Å²) >= 11 is 0. The highest BCUT2D eigenvalue weighted by Crippen LogP contribution is 2.28. The second-order valence-electron chi connectivity index (χ2n) is 6.63. The molecule has 0 saturated heterocycles. The Morgan fingerprint density at radius 3 is 2.18 bits per heavy atom. The Balaban J connectivity index is 1.92. The van der Waals surface area contributed by atoms with Crippen LogP contribution < -0.4 is 10.3 Å². The maximum atomic E-state index is 13.2. The number of hydrogen-bond donors (Lipinski definition) is 0. The van der Waals surface area contributed by atoms with Crippen LogP contribution in [0.25, 0.3) is 22.3 Å². The van der Waals surface area contributed by atoms with Crippen molar-refractivity contribution in [2.75, 3.05) is 11.9 Å². The largest absolute Gasteiger partial charge is 0.455 e. The predicted octanol–water partition coefficient (Wildman–Crippen LogP) is 5.05. The van der Waals surface area contributed by atoms with Gasteiger partial charge in [0.05, 0.1) is 10.9 Å². The third-order valence-electron chi connectivity index (χ3n) is 4.86. The van der Waals surface area contributed by atoms with Crippen LogP contribution in [0.4, 0.5) is 5.69 Å². The SMILES string of the molecule is Cc1c(-c2ccccc2)oc2c(C(=O)N(C)c3ccccc3)cccc2c1=O. The molecule has 1 aromatic heterocycles. The van der Waals surface area contributed by atoms with Crippen LogP contribution in [0.5, 0.6) is 0 Å². The van der Waals surface area contributed by atoms with Gasteiger partial charge in [-0.1, -0.05) is 54.6 Å². The molecule has 4 heteroatoms. The molecule has 4 aromatic rings. The minimum absolute atomic E-state index is 0.128. The number of para-hydroxylation sites is 2. The van der Waals surface area contributed by atoms with E-state index in [2.05, 4.69) is 0 Å². The summed E-state index contributed by atoms with van der Waals surface area (Å²) in [6.07, 6.45) is 0. The van der Waals surface area contributed by atoms with Gasteiger partial charge in [0.15, 0.2) is 11.0 Å². The van der Waals surface area contributed by atoms with Crippen molar-refractivity contribution >= 4 is 22.6 Å². The van der Waals surface area contributed by atoms with Gasteiger partial charge in [0, 0.05) is 23.9 Å². The van der Waals surface area contributed by atoms with Crippen LogP contribution >= 0.6 is 0 Å². The molecule has 0 N–H and O–H groups in total. The summed E-state index contributed by atoms with van der Waals surface area (Å²) in [5.74, 6) is 0.253. The molecule has 138 valence electrons. The molecule has 0 unspecified atom stereocenters. The number of fused-ring (bicyclic) bond motifs is 1. The molecule has 0 fully saturated rings. The molecule has 3 aromatic carbocycles. The zero-order valence-electron chi connectivity index (χ0n) is 15.7. The standard InChI is InChI=1S/C24H19NO3/c1-16-21(26)19-14-9-15-20(24(27)25(2)18-12-7-4-8-13-18)23(19)28-22(16)17-10-5-3-6-11-17/h3-15H,1-2H3. The molecule has 0 aliphatic rings. The molecule has 0 saturated carbocycles. The van der Waals surface area contributed by atoms with Gasteiger partial charge in [0.25, 0.3) is 5.91 Å². The summed E-state index contributed by atoms with van der Waals surface area (Å²) in [6, 6.07) is 23.9. The van der Waals surface area contributed by atoms with Crippen molar-refractivity contribution < 1.29 is 9.21 Å². The lowest BCUT2D eigenvalue weighted by Gasteiger charge is -2.18. The van der Waals surface area contributed by atoms with Crippen LogP contribution in [-0.4, -0.2) is 13.0 Å². The quantitative estimate of drug-likeness (QED) is 0.508. The molecule has 0 aliphatic carbocycles. The molecular formula is C24H19NO3. The van der Waals surface area contributed by atoms with Gasteiger partial charge < -0.3 is 9.32 Å². The predicted molar refractivity (Wildman–Crippen MR) is 112 cm³/mol. The number of nitrogens with zero attached hydrogens (tertiary/aromatic N) is 1. The number of carbonyl (C=O) groups excluding carboxylic acids is 1. The van der Waals surface area contributed by atoms with Crippen molar-refractivity contribution in [3.05, 3.63) is 100 Å². The molecule has 4 nitrogen and oxygen atoms in total. The van der Waals surface area contributed by atoms with E-state index in [-0.39, 0.29) is 11.3 Å². The van der Waals surface area contributed by atoms with E-state index < -0.39 is 0 Å². The fraction of sp³-hybridized carbons (Fsp3) is 0.0833. The highest BCUT2D eigenvalue weighted by Gasteiger charge is 2.21. The normalized spacial score (nSPS) is 10.8. The molecule has 0 aliphatic heterocycles. The van der Waals surface area contributed by atoms with E-state index in [4.69, 9.17) is 4.42 Å². The Bertz CT molecular complexity index is 1210. The van der Waals surface area contributed by atoms with Gasteiger partial charge in [-0.3, -0.25) is 9.59 Å². The van der Waals surface area contributed by atoms with Crippen molar-refractivity contribution in [3.63, 3.8) is 0 Å². The molecule has 28 heavy (non-hydrogen) atoms. The highest BCUT2D eigenvalue weighted by molar-refractivity contribution is 6.12. The van der Waals surface area contributed by atoms with Gasteiger partial charge in [-0.25, -0.2) is 0 Å². The van der Waals surface area contributed by atoms with E-state index >= 15 is 0 Å². The maximum absolute atomic E-state index is 13.2. The fourth-order valence-corrected chi connectivity index (χ4v) is 3.29. The summed E-state index contributed by atoms with van der Waals surface area (Å²) in [7, 11) is 1.71. The van der Waals surface area contributed by atoms with Gasteiger partial charge >= 0.3 is 0 Å². The van der Waals surface area contributed by atoms with Crippen LogP contribution in [0.2, 0.25) is 0 Å². The van der Waals surface area contributed by atoms with Crippen LogP contribution in [0.3, 0.4) is 0 Å². The van der Waals surface area contributed by atoms with Crippen molar-refractivity contribution in [3.8, 4) is 11.3 Å². The molecule has 1 heterocycles. The Labute approximate surface area is 162 Å². The first-order chi connectivity index (χ1) is 13.6. The van der Waals surface area contributed by atoms with Gasteiger partial charge in [-0.15, -0.1) is 0 Å². The molecule has 1 amide bonds. The first-order valence-corrected chi connectivity index (χ1v) is 9.03. The number of hydrogen-bond acceptors (Lipinski definition) is 3. The Morgan fingerprint density at radius 1 is 0.857 bits per heavy atom. The van der Waals surface area contributed by atoms with Crippen LogP contribution in [0.15, 0.2) is 88.1 Å². The van der Waals surface area contributed by atoms with Crippen molar-refractivity contribution in [2.24, 2.45) is 0 Å². The minimum atomic E-state index is -0.234. The molecule has 0 atom stereocenters. The van der Waals surface area contributed by atoms with Crippen LogP contribution in [0.1, 0.15) is 15.9 Å². The third-order valence-corrected chi connectivity index (χ3v) is 4.86. The molecule has 0 bridgehead atoms. The zero-order valence-corrected chi connectivity index (χ0v) is 15.7. The Kier molecular flexibility index (Phi) is 4.53. The highest BCUT2D eigenvalue weighted by atomic mass is 16.3. The minimum Gasteiger partial charge on any atom is -0.455 e. The van der Waals surface area contributed by atoms with E-state index in [1.807, 2.05) is 60.7 Å². The van der Waals surface area contributed by atoms with E-state index in [9.17, 15) is 9.59 Å². The average Bonchev–Trinajstić information content (AvgIpc) is 2.76. The number of rotatable bonds is 3. The van der Waals surface area contributed by atoms with Crippen LogP contribution in [-0.2, 0) is 0 Å². The summed E-state index contributed by atoms with van der Waals surface area (Å²) in [4.78, 5) is 27.7. The first-order valence-electron chi connectivity index (χ1n) is 9.03. The lowest BCUT2D eigenvalue weighted by molar-refractivity contribution is 0.0993. The maximum Gasteiger partial charge on any atom is 0.261 e. The second kappa shape index (κ2) is 7.16. The zero-order chi connectivity index (χ0) is 19.7. The summed E-state index contributed by atoms with van der Waals surface area (Å²) in [6.45, 7) is 1.75. The number of carbonyl (C=O) groups is 1. The van der Waals surface area contributed by atoms with Gasteiger partial charge in [-0.2, -0.15) is 0 Å². The van der Waals surface area contributed by atoms with E-state index in [1.54, 1.807) is 37.1 Å². The van der Waals surface area contributed by atoms with E-state index in [1.165, 1.54) is 0 Å². The number of amides is 1. The molecule has 4 rings (SSSR count). The van der Waals surface area contributed by atoms with Gasteiger partial charge in [-0.05, 0) is 31.2 Å². The monoisotopic (exact) mass is 369 g/mol. The summed E-state index contributed by atoms with van der Waals surface area (Å²) < 4.78 is 6.15. The lowest BCUT2D eigenvalue weighted by Crippen LogP contribution is -2.26. The topological polar surface area (TPSA) is 50.5 Å². The number of anilines is 1. The molecule has 0 spiro atoms. The van der Waals surface area contributed by atoms with E-state index in [0.717, 1.165) is 11.3 Å². The second-order valence-corrected chi connectivity index (χ2v) is 6.63. The third kappa shape index (κ3) is 2.99. The van der Waals surface area contributed by atoms with Crippen molar-refractivity contribution in [2.45, 2.75) is 6.92 Å². The van der Waals surface area contributed by atoms with Crippen molar-refractivity contribution in [1.29, 1.82) is 0 Å². The smallest absolute Gasteiger partial charge is 0.261 e. The average molecular weight is 369 g/mol. The molecular weight excluding hydrogens is 350 g/mol. The van der Waals surface area contributed by atoms with Gasteiger partial charge in [0.2, 0.25) is 0 Å². The van der Waals surface area contributed by atoms with Crippen LogP contribution in [0, 0.1) is 6.92 Å². The van der Waals surface area contributed by atoms with Gasteiger partial charge in [0.1, 0.15) is 5.76 Å². The fourth-order valence-electron chi connectivity index (χ4n) is 3.29. The lowest BCUT2D eigenvalue weighted by atomic mass is 10.0. The Morgan fingerprint density at radius 2 is 1.50 bits per heavy atom. The summed E-state index contributed by atoms with van der Waals surface area (Å²) in [5.41, 5.74) is 2.64.